The summed E-state index contributed by atoms with van der Waals surface area (Å²) in [6.07, 6.45) is 1.27. The number of carbonyl (C=O) groups is 2. The van der Waals surface area contributed by atoms with E-state index in [1.165, 1.54) is 0 Å². The molecule has 0 radical (unpaired) electrons. The van der Waals surface area contributed by atoms with Gasteiger partial charge in [0.15, 0.2) is 0 Å². The molecule has 0 fully saturated rings. The number of carbonyl (C=O) groups excluding carboxylic acids is 2. The molecule has 0 aliphatic heterocycles. The largest absolute Gasteiger partial charge is 0.396 e. The number of rotatable bonds is 2. The van der Waals surface area contributed by atoms with Gasteiger partial charge in [0.05, 0.1) is 9.85 Å². The van der Waals surface area contributed by atoms with E-state index in [1.54, 1.807) is 0 Å². The van der Waals surface area contributed by atoms with Crippen LogP contribution >= 0.6 is 0 Å². The van der Waals surface area contributed by atoms with Crippen molar-refractivity contribution in [1.29, 1.82) is 0 Å². The van der Waals surface area contributed by atoms with Crippen molar-refractivity contribution >= 4 is 11.6 Å². The van der Waals surface area contributed by atoms with Crippen LogP contribution in [0.15, 0.2) is 23.5 Å². The van der Waals surface area contributed by atoms with Gasteiger partial charge in [-0.05, 0) is 6.08 Å². The summed E-state index contributed by atoms with van der Waals surface area (Å²) in [5.74, 6) is -2.61. The van der Waals surface area contributed by atoms with Gasteiger partial charge in [-0.1, -0.05) is 0 Å². The predicted octanol–water partition coefficient (Wildman–Crippen LogP) is -0.541. The van der Waals surface area contributed by atoms with Crippen molar-refractivity contribution in [3.63, 3.8) is 0 Å². The molecule has 0 aromatic rings. The van der Waals surface area contributed by atoms with Gasteiger partial charge in [0.1, 0.15) is 0 Å². The van der Waals surface area contributed by atoms with Gasteiger partial charge in [-0.15, -0.1) is 0 Å². The Morgan fingerprint density at radius 1 is 1.00 bits per heavy atom. The molecular weight excluding hydrogens is 196 g/mol. The second kappa shape index (κ2) is 3.17. The highest BCUT2D eigenvalue weighted by Crippen LogP contribution is 2.14. The highest BCUT2D eigenvalue weighted by Gasteiger charge is 2.40. The normalized spacial score (nSPS) is 16.0. The van der Waals surface area contributed by atoms with Crippen LogP contribution in [0.3, 0.4) is 0 Å². The van der Waals surface area contributed by atoms with Gasteiger partial charge in [-0.2, -0.15) is 0 Å². The van der Waals surface area contributed by atoms with Crippen LogP contribution in [0, 0.1) is 20.2 Å². The van der Waals surface area contributed by atoms with Crippen molar-refractivity contribution in [3.8, 4) is 0 Å². The van der Waals surface area contributed by atoms with E-state index >= 15 is 0 Å². The molecule has 0 spiro atoms. The monoisotopic (exact) mass is 198 g/mol. The van der Waals surface area contributed by atoms with Crippen molar-refractivity contribution in [2.75, 3.05) is 0 Å². The van der Waals surface area contributed by atoms with Gasteiger partial charge in [-0.25, -0.2) is 0 Å². The minimum Gasteiger partial charge on any atom is -0.285 e. The highest BCUT2D eigenvalue weighted by atomic mass is 16.6. The summed E-state index contributed by atoms with van der Waals surface area (Å²) in [4.78, 5) is 39.7. The zero-order valence-corrected chi connectivity index (χ0v) is 6.50. The second-order valence-electron chi connectivity index (χ2n) is 2.27. The average molecular weight is 198 g/mol. The summed E-state index contributed by atoms with van der Waals surface area (Å²) in [5, 5.41) is 20.5. The van der Waals surface area contributed by atoms with Crippen molar-refractivity contribution in [2.45, 2.75) is 0 Å². The van der Waals surface area contributed by atoms with Crippen LogP contribution in [-0.2, 0) is 9.59 Å². The van der Waals surface area contributed by atoms with Crippen molar-refractivity contribution in [3.05, 3.63) is 43.8 Å². The number of allylic oxidation sites excluding steroid dienone is 3. The fraction of sp³-hybridized carbons (Fsp3) is 0. The van der Waals surface area contributed by atoms with Crippen molar-refractivity contribution in [1.82, 2.24) is 0 Å². The van der Waals surface area contributed by atoms with Crippen LogP contribution in [0.2, 0.25) is 0 Å². The molecular formula is C6H2N2O6. The first-order valence-electron chi connectivity index (χ1n) is 3.25. The Labute approximate surface area is 75.8 Å². The molecule has 0 heterocycles. The average Bonchev–Trinajstić information content (AvgIpc) is 2.08. The van der Waals surface area contributed by atoms with E-state index in [0.717, 1.165) is 0 Å². The minimum absolute atomic E-state index is 0.632. The minimum atomic E-state index is -1.47. The van der Waals surface area contributed by atoms with Crippen LogP contribution in [0.1, 0.15) is 0 Å². The molecule has 14 heavy (non-hydrogen) atoms. The molecule has 0 unspecified atom stereocenters. The summed E-state index contributed by atoms with van der Waals surface area (Å²) in [7, 11) is 0. The van der Waals surface area contributed by atoms with Crippen LogP contribution in [0.4, 0.5) is 0 Å². The van der Waals surface area contributed by atoms with E-state index in [2.05, 4.69) is 0 Å². The highest BCUT2D eigenvalue weighted by molar-refractivity contribution is 6.47. The smallest absolute Gasteiger partial charge is 0.285 e. The number of nitrogens with zero attached hydrogens (tertiary/aromatic N) is 2. The molecule has 1 rings (SSSR count). The van der Waals surface area contributed by atoms with Gasteiger partial charge in [-0.3, -0.25) is 29.8 Å². The first kappa shape index (κ1) is 9.71. The molecule has 0 aromatic heterocycles. The number of hydrogen-bond acceptors (Lipinski definition) is 6. The van der Waals surface area contributed by atoms with Gasteiger partial charge in [0, 0.05) is 6.08 Å². The maximum atomic E-state index is 10.9. The van der Waals surface area contributed by atoms with Crippen LogP contribution in [0.25, 0.3) is 0 Å². The zero-order chi connectivity index (χ0) is 10.9. The van der Waals surface area contributed by atoms with E-state index in [9.17, 15) is 29.8 Å². The lowest BCUT2D eigenvalue weighted by Crippen LogP contribution is -2.26. The number of Topliss-reactive ketones (excluding diaryl/α,β-unsaturated/α-hetero) is 1. The standard InChI is InChI=1S/C6H2N2O6/c9-4-2-1-3(7(11)12)5(6(4)10)8(13)14/h1-2H. The van der Waals surface area contributed by atoms with Crippen molar-refractivity contribution in [2.24, 2.45) is 0 Å². The first-order chi connectivity index (χ1) is 6.45. The van der Waals surface area contributed by atoms with Crippen LogP contribution in [-0.4, -0.2) is 21.4 Å². The quantitative estimate of drug-likeness (QED) is 0.254. The molecule has 72 valence electrons. The third-order valence-corrected chi connectivity index (χ3v) is 1.45. The topological polar surface area (TPSA) is 120 Å². The van der Waals surface area contributed by atoms with E-state index in [1.807, 2.05) is 0 Å². The molecule has 0 N–H and O–H groups in total. The number of ketones is 2. The number of hydrogen-bond donors (Lipinski definition) is 0. The molecule has 0 saturated carbocycles. The third kappa shape index (κ3) is 1.40. The molecule has 0 saturated heterocycles. The fourth-order valence-corrected chi connectivity index (χ4v) is 0.866. The Morgan fingerprint density at radius 2 is 1.57 bits per heavy atom. The Bertz CT molecular complexity index is 418. The maximum absolute atomic E-state index is 10.9. The van der Waals surface area contributed by atoms with Gasteiger partial charge in [0.25, 0.3) is 0 Å². The molecule has 0 bridgehead atoms. The summed E-state index contributed by atoms with van der Waals surface area (Å²) >= 11 is 0. The van der Waals surface area contributed by atoms with Crippen LogP contribution < -0.4 is 0 Å². The maximum Gasteiger partial charge on any atom is 0.396 e. The van der Waals surface area contributed by atoms with Crippen LogP contribution in [0.5, 0.6) is 0 Å². The summed E-state index contributed by atoms with van der Waals surface area (Å²) in [6.45, 7) is 0. The molecule has 1 aliphatic carbocycles. The summed E-state index contributed by atoms with van der Waals surface area (Å²) < 4.78 is 0. The molecule has 8 nitrogen and oxygen atoms in total. The second-order valence-corrected chi connectivity index (χ2v) is 2.27. The SMILES string of the molecule is O=C1C=CC([N+](=O)[O-])=C([N+](=O)[O-])C1=O. The zero-order valence-electron chi connectivity index (χ0n) is 6.50. The van der Waals surface area contributed by atoms with Gasteiger partial charge in [0.2, 0.25) is 5.78 Å². The lowest BCUT2D eigenvalue weighted by molar-refractivity contribution is -0.462. The van der Waals surface area contributed by atoms with E-state index in [-0.39, 0.29) is 0 Å². The molecule has 1 aliphatic rings. The third-order valence-electron chi connectivity index (χ3n) is 1.45. The first-order valence-corrected chi connectivity index (χ1v) is 3.25. The summed E-state index contributed by atoms with van der Waals surface area (Å²) in [6, 6.07) is 0. The molecule has 0 atom stereocenters. The Kier molecular flexibility index (Phi) is 2.19. The van der Waals surface area contributed by atoms with E-state index < -0.39 is 32.8 Å². The predicted molar refractivity (Wildman–Crippen MR) is 40.2 cm³/mol. The number of nitro groups is 2. The fourth-order valence-electron chi connectivity index (χ4n) is 0.866. The lowest BCUT2D eigenvalue weighted by Gasteiger charge is -1.99. The molecule has 0 aromatic carbocycles. The Hall–Kier alpha value is -2.38. The molecule has 0 amide bonds. The molecule has 8 heteroatoms. The lowest BCUT2D eigenvalue weighted by atomic mass is 10.1. The Balaban J connectivity index is 3.39. The Morgan fingerprint density at radius 3 is 2.00 bits per heavy atom. The van der Waals surface area contributed by atoms with Gasteiger partial charge >= 0.3 is 17.2 Å². The van der Waals surface area contributed by atoms with E-state index in [4.69, 9.17) is 0 Å². The van der Waals surface area contributed by atoms with E-state index in [0.29, 0.717) is 12.2 Å². The van der Waals surface area contributed by atoms with Gasteiger partial charge < -0.3 is 0 Å². The van der Waals surface area contributed by atoms with Crippen molar-refractivity contribution < 1.29 is 19.4 Å². The summed E-state index contributed by atoms with van der Waals surface area (Å²) in [5.41, 5.74) is -2.26.